The zero-order chi connectivity index (χ0) is 19.7. The monoisotopic (exact) mass is 356 g/mol. The highest BCUT2D eigenvalue weighted by molar-refractivity contribution is 5.97. The van der Waals surface area contributed by atoms with Gasteiger partial charge >= 0.3 is 0 Å². The van der Waals surface area contributed by atoms with Gasteiger partial charge < -0.3 is 10.1 Å². The number of hydroxylamine groups is 1. The molecule has 2 atom stereocenters. The van der Waals surface area contributed by atoms with E-state index in [1.165, 1.54) is 7.11 Å². The molecule has 1 aromatic carbocycles. The van der Waals surface area contributed by atoms with Crippen LogP contribution in [-0.2, 0) is 14.4 Å². The third-order valence-electron chi connectivity index (χ3n) is 3.21. The van der Waals surface area contributed by atoms with Crippen molar-refractivity contribution in [3.05, 3.63) is 35.4 Å². The molecule has 2 N–H and O–H groups in total. The molecule has 138 valence electrons. The van der Waals surface area contributed by atoms with Gasteiger partial charge in [0.2, 0.25) is 0 Å². The van der Waals surface area contributed by atoms with Crippen molar-refractivity contribution in [1.29, 1.82) is 0 Å². The average Bonchev–Trinajstić information content (AvgIpc) is 2.56. The fourth-order valence-corrected chi connectivity index (χ4v) is 2.22. The molecule has 0 heterocycles. The van der Waals surface area contributed by atoms with Crippen molar-refractivity contribution in [3.8, 4) is 24.2 Å². The molecule has 0 saturated heterocycles. The summed E-state index contributed by atoms with van der Waals surface area (Å²) < 4.78 is 5.80. The van der Waals surface area contributed by atoms with E-state index in [-0.39, 0.29) is 0 Å². The van der Waals surface area contributed by atoms with Crippen LogP contribution >= 0.6 is 0 Å². The van der Waals surface area contributed by atoms with Crippen LogP contribution in [0.3, 0.4) is 0 Å². The number of rotatable bonds is 6. The van der Waals surface area contributed by atoms with E-state index in [9.17, 15) is 9.59 Å². The van der Waals surface area contributed by atoms with E-state index in [1.54, 1.807) is 31.2 Å². The minimum atomic E-state index is -0.928. The van der Waals surface area contributed by atoms with Crippen LogP contribution in [0.15, 0.2) is 24.3 Å². The van der Waals surface area contributed by atoms with Crippen LogP contribution in [0.2, 0.25) is 0 Å². The second kappa shape index (κ2) is 9.62. The summed E-state index contributed by atoms with van der Waals surface area (Å²) in [4.78, 5) is 29.4. The number of nitrogens with one attached hydrogen (secondary N) is 2. The molecule has 6 heteroatoms. The lowest BCUT2D eigenvalue weighted by molar-refractivity contribution is -0.140. The first kappa shape index (κ1) is 21.2. The molecule has 0 aliphatic heterocycles. The Morgan fingerprint density at radius 2 is 1.81 bits per heavy atom. The molecule has 1 rings (SSSR count). The van der Waals surface area contributed by atoms with Gasteiger partial charge in [0.15, 0.2) is 0 Å². The lowest BCUT2D eigenvalue weighted by Crippen LogP contribution is -2.54. The number of carbonyl (C=O) groups is 2. The molecule has 0 aromatic heterocycles. The molecule has 0 aliphatic carbocycles. The molecule has 0 aliphatic rings. The molecule has 0 saturated carbocycles. The van der Waals surface area contributed by atoms with Gasteiger partial charge in [-0.05, 0) is 63.8 Å². The zero-order valence-corrected chi connectivity index (χ0v) is 15.7. The molecular formula is C20H24N2O4. The van der Waals surface area contributed by atoms with E-state index in [2.05, 4.69) is 33.4 Å². The standard InChI is InChI=1S/C20H24N2O4/c1-7-8-9-15-10-12-16(13-11-15)18(23)21-17(19(24)22-25-6)14(2)26-20(3,4)5/h1,10-14,17H,2-6H3,(H,21,23)(H,22,24)/t14-,17+/m1/s1. The first-order valence-electron chi connectivity index (χ1n) is 8.06. The van der Waals surface area contributed by atoms with E-state index in [4.69, 9.17) is 11.2 Å². The van der Waals surface area contributed by atoms with Crippen molar-refractivity contribution < 1.29 is 19.2 Å². The minimum Gasteiger partial charge on any atom is -0.370 e. The van der Waals surface area contributed by atoms with E-state index < -0.39 is 29.6 Å². The third kappa shape index (κ3) is 6.98. The van der Waals surface area contributed by atoms with Crippen molar-refractivity contribution in [2.24, 2.45) is 0 Å². The van der Waals surface area contributed by atoms with Crippen molar-refractivity contribution in [1.82, 2.24) is 10.8 Å². The summed E-state index contributed by atoms with van der Waals surface area (Å²) in [6.45, 7) is 7.32. The molecule has 0 spiro atoms. The van der Waals surface area contributed by atoms with Crippen LogP contribution in [0.5, 0.6) is 0 Å². The number of amides is 2. The molecule has 2 amide bonds. The van der Waals surface area contributed by atoms with Crippen LogP contribution in [0.4, 0.5) is 0 Å². The predicted molar refractivity (Wildman–Crippen MR) is 98.9 cm³/mol. The van der Waals surface area contributed by atoms with Crippen LogP contribution in [-0.4, -0.2) is 36.7 Å². The van der Waals surface area contributed by atoms with Gasteiger partial charge in [-0.25, -0.2) is 5.48 Å². The first-order valence-corrected chi connectivity index (χ1v) is 8.06. The Hall–Kier alpha value is -2.80. The maximum absolute atomic E-state index is 12.5. The Balaban J connectivity index is 2.94. The summed E-state index contributed by atoms with van der Waals surface area (Å²) in [6, 6.07) is 5.65. The Kier molecular flexibility index (Phi) is 7.86. The molecule has 6 nitrogen and oxygen atoms in total. The maximum atomic E-state index is 12.5. The number of terminal acetylenes is 1. The SMILES string of the molecule is C#CC#Cc1ccc(C(=O)N[C@H](C(=O)NOC)[C@@H](C)OC(C)(C)C)cc1. The fourth-order valence-electron chi connectivity index (χ4n) is 2.22. The lowest BCUT2D eigenvalue weighted by Gasteiger charge is -2.30. The second-order valence-electron chi connectivity index (χ2n) is 6.53. The van der Waals surface area contributed by atoms with Gasteiger partial charge in [0.05, 0.1) is 18.8 Å². The Labute approximate surface area is 154 Å². The molecule has 0 bridgehead atoms. The fraction of sp³-hybridized carbons (Fsp3) is 0.400. The molecule has 0 radical (unpaired) electrons. The zero-order valence-electron chi connectivity index (χ0n) is 15.7. The number of benzene rings is 1. The highest BCUT2D eigenvalue weighted by atomic mass is 16.6. The first-order chi connectivity index (χ1) is 12.2. The van der Waals surface area contributed by atoms with Crippen LogP contribution in [0.25, 0.3) is 0 Å². The Bertz CT molecular complexity index is 730. The van der Waals surface area contributed by atoms with E-state index in [1.807, 2.05) is 20.8 Å². The largest absolute Gasteiger partial charge is 0.370 e. The summed E-state index contributed by atoms with van der Waals surface area (Å²) in [7, 11) is 1.32. The van der Waals surface area contributed by atoms with Gasteiger partial charge in [0.25, 0.3) is 11.8 Å². The van der Waals surface area contributed by atoms with Gasteiger partial charge in [-0.1, -0.05) is 5.92 Å². The van der Waals surface area contributed by atoms with Crippen molar-refractivity contribution in [2.75, 3.05) is 7.11 Å². The van der Waals surface area contributed by atoms with Gasteiger partial charge in [0, 0.05) is 11.1 Å². The number of hydrogen-bond donors (Lipinski definition) is 2. The van der Waals surface area contributed by atoms with E-state index in [0.717, 1.165) is 0 Å². The molecule has 26 heavy (non-hydrogen) atoms. The van der Waals surface area contributed by atoms with Crippen LogP contribution in [0.1, 0.15) is 43.6 Å². The van der Waals surface area contributed by atoms with E-state index in [0.29, 0.717) is 11.1 Å². The molecular weight excluding hydrogens is 332 g/mol. The summed E-state index contributed by atoms with van der Waals surface area (Å²) in [5.41, 5.74) is 2.83. The highest BCUT2D eigenvalue weighted by Gasteiger charge is 2.31. The Morgan fingerprint density at radius 1 is 1.19 bits per heavy atom. The average molecular weight is 356 g/mol. The third-order valence-corrected chi connectivity index (χ3v) is 3.21. The van der Waals surface area contributed by atoms with Crippen molar-refractivity contribution >= 4 is 11.8 Å². The normalized spacial score (nSPS) is 12.8. The highest BCUT2D eigenvalue weighted by Crippen LogP contribution is 2.14. The van der Waals surface area contributed by atoms with Gasteiger partial charge in [0.1, 0.15) is 6.04 Å². The van der Waals surface area contributed by atoms with Crippen LogP contribution in [0, 0.1) is 24.2 Å². The van der Waals surface area contributed by atoms with Gasteiger partial charge in [-0.2, -0.15) is 0 Å². The van der Waals surface area contributed by atoms with Gasteiger partial charge in [-0.3, -0.25) is 14.4 Å². The quantitative estimate of drug-likeness (QED) is 0.600. The molecule has 0 fully saturated rings. The number of ether oxygens (including phenoxy) is 1. The van der Waals surface area contributed by atoms with E-state index >= 15 is 0 Å². The summed E-state index contributed by atoms with van der Waals surface area (Å²) >= 11 is 0. The smallest absolute Gasteiger partial charge is 0.268 e. The maximum Gasteiger partial charge on any atom is 0.268 e. The summed E-state index contributed by atoms with van der Waals surface area (Å²) in [6.07, 6.45) is 4.51. The second-order valence-corrected chi connectivity index (χ2v) is 6.53. The van der Waals surface area contributed by atoms with Crippen molar-refractivity contribution in [2.45, 2.75) is 45.4 Å². The predicted octanol–water partition coefficient (Wildman–Crippen LogP) is 1.65. The summed E-state index contributed by atoms with van der Waals surface area (Å²) in [5, 5.41) is 2.68. The molecule has 1 aromatic rings. The number of carbonyl (C=O) groups excluding carboxylic acids is 2. The summed E-state index contributed by atoms with van der Waals surface area (Å²) in [5.74, 6) is 6.57. The molecule has 0 unspecified atom stereocenters. The minimum absolute atomic E-state index is 0.384. The topological polar surface area (TPSA) is 76.7 Å². The van der Waals surface area contributed by atoms with Gasteiger partial charge in [-0.15, -0.1) is 6.42 Å². The Morgan fingerprint density at radius 3 is 2.31 bits per heavy atom. The lowest BCUT2D eigenvalue weighted by atomic mass is 10.1. The number of hydrogen-bond acceptors (Lipinski definition) is 4. The van der Waals surface area contributed by atoms with Crippen LogP contribution < -0.4 is 10.8 Å². The van der Waals surface area contributed by atoms with Crippen molar-refractivity contribution in [3.63, 3.8) is 0 Å².